The molecular formula is C13H21NOS. The molecule has 2 rings (SSSR count). The van der Waals surface area contributed by atoms with Crippen LogP contribution in [0.2, 0.25) is 0 Å². The number of rotatable bonds is 4. The maximum Gasteiger partial charge on any atom is 0.0469 e. The molecular weight excluding hydrogens is 218 g/mol. The molecule has 2 nitrogen and oxygen atoms in total. The first-order chi connectivity index (χ1) is 7.81. The predicted molar refractivity (Wildman–Crippen MR) is 69.0 cm³/mol. The molecule has 0 aromatic carbocycles. The van der Waals surface area contributed by atoms with Gasteiger partial charge in [-0.05, 0) is 44.4 Å². The smallest absolute Gasteiger partial charge is 0.0469 e. The standard InChI is InChI=1S/C13H21NOS/c1-3-14-13(11-6-8-15-9-7-11)12-5-4-10(2)16-12/h4-5,11,13-14H,3,6-9H2,1-2H3. The topological polar surface area (TPSA) is 21.3 Å². The van der Waals surface area contributed by atoms with Crippen molar-refractivity contribution in [2.45, 2.75) is 32.7 Å². The van der Waals surface area contributed by atoms with Crippen molar-refractivity contribution in [2.24, 2.45) is 5.92 Å². The Morgan fingerprint density at radius 3 is 2.75 bits per heavy atom. The Morgan fingerprint density at radius 2 is 2.19 bits per heavy atom. The van der Waals surface area contributed by atoms with Crippen LogP contribution in [0.1, 0.15) is 35.6 Å². The molecule has 1 aliphatic rings. The normalized spacial score (nSPS) is 19.9. The van der Waals surface area contributed by atoms with Gasteiger partial charge in [0.25, 0.3) is 0 Å². The van der Waals surface area contributed by atoms with Crippen molar-refractivity contribution in [1.29, 1.82) is 0 Å². The number of nitrogens with one attached hydrogen (secondary N) is 1. The first-order valence-electron chi connectivity index (χ1n) is 6.18. The fourth-order valence-electron chi connectivity index (χ4n) is 2.39. The molecule has 90 valence electrons. The SMILES string of the molecule is CCNC(c1ccc(C)s1)C1CCOCC1. The molecule has 0 radical (unpaired) electrons. The van der Waals surface area contributed by atoms with Gasteiger partial charge < -0.3 is 10.1 Å². The van der Waals surface area contributed by atoms with Crippen molar-refractivity contribution in [3.63, 3.8) is 0 Å². The van der Waals surface area contributed by atoms with Crippen molar-refractivity contribution >= 4 is 11.3 Å². The lowest BCUT2D eigenvalue weighted by molar-refractivity contribution is 0.0542. The van der Waals surface area contributed by atoms with E-state index in [-0.39, 0.29) is 0 Å². The average Bonchev–Trinajstić information content (AvgIpc) is 2.74. The van der Waals surface area contributed by atoms with Crippen LogP contribution in [-0.4, -0.2) is 19.8 Å². The van der Waals surface area contributed by atoms with E-state index in [4.69, 9.17) is 4.74 Å². The van der Waals surface area contributed by atoms with Gasteiger partial charge in [0.2, 0.25) is 0 Å². The van der Waals surface area contributed by atoms with E-state index < -0.39 is 0 Å². The van der Waals surface area contributed by atoms with Crippen molar-refractivity contribution < 1.29 is 4.74 Å². The summed E-state index contributed by atoms with van der Waals surface area (Å²) < 4.78 is 5.44. The second-order valence-electron chi connectivity index (χ2n) is 4.43. The number of aryl methyl sites for hydroxylation is 1. The Bertz CT molecular complexity index is 317. The van der Waals surface area contributed by atoms with Gasteiger partial charge in [-0.25, -0.2) is 0 Å². The Balaban J connectivity index is 2.09. The number of thiophene rings is 1. The first kappa shape index (κ1) is 12.1. The molecule has 1 fully saturated rings. The molecule has 1 atom stereocenters. The van der Waals surface area contributed by atoms with Crippen molar-refractivity contribution in [1.82, 2.24) is 5.32 Å². The minimum atomic E-state index is 0.535. The van der Waals surface area contributed by atoms with Gasteiger partial charge in [-0.1, -0.05) is 6.92 Å². The molecule has 1 aromatic heterocycles. The van der Waals surface area contributed by atoms with E-state index >= 15 is 0 Å². The second-order valence-corrected chi connectivity index (χ2v) is 5.75. The fourth-order valence-corrected chi connectivity index (χ4v) is 3.44. The number of ether oxygens (including phenoxy) is 1. The molecule has 0 saturated carbocycles. The van der Waals surface area contributed by atoms with Gasteiger partial charge in [-0.3, -0.25) is 0 Å². The molecule has 16 heavy (non-hydrogen) atoms. The summed E-state index contributed by atoms with van der Waals surface area (Å²) in [7, 11) is 0. The molecule has 1 aliphatic heterocycles. The summed E-state index contributed by atoms with van der Waals surface area (Å²) >= 11 is 1.93. The minimum Gasteiger partial charge on any atom is -0.381 e. The summed E-state index contributed by atoms with van der Waals surface area (Å²) in [5.74, 6) is 0.742. The van der Waals surface area contributed by atoms with Crippen molar-refractivity contribution in [2.75, 3.05) is 19.8 Å². The zero-order valence-electron chi connectivity index (χ0n) is 10.2. The molecule has 0 aliphatic carbocycles. The van der Waals surface area contributed by atoms with Crippen LogP contribution < -0.4 is 5.32 Å². The second kappa shape index (κ2) is 5.80. The van der Waals surface area contributed by atoms with Crippen LogP contribution in [0.25, 0.3) is 0 Å². The largest absolute Gasteiger partial charge is 0.381 e. The van der Waals surface area contributed by atoms with E-state index in [2.05, 4.69) is 31.3 Å². The van der Waals surface area contributed by atoms with E-state index in [1.54, 1.807) is 0 Å². The molecule has 2 heterocycles. The molecule has 0 spiro atoms. The number of hydrogen-bond acceptors (Lipinski definition) is 3. The molecule has 1 unspecified atom stereocenters. The Kier molecular flexibility index (Phi) is 4.38. The van der Waals surface area contributed by atoms with Crippen LogP contribution >= 0.6 is 11.3 Å². The third-order valence-corrected chi connectivity index (χ3v) is 4.31. The van der Waals surface area contributed by atoms with Gasteiger partial charge in [0, 0.05) is 29.0 Å². The summed E-state index contributed by atoms with van der Waals surface area (Å²) in [6.07, 6.45) is 2.38. The van der Waals surface area contributed by atoms with Crippen LogP contribution in [0.4, 0.5) is 0 Å². The maximum atomic E-state index is 5.44. The Labute approximate surface area is 102 Å². The highest BCUT2D eigenvalue weighted by Gasteiger charge is 2.25. The molecule has 1 aromatic rings. The van der Waals surface area contributed by atoms with E-state index in [1.807, 2.05) is 11.3 Å². The van der Waals surface area contributed by atoms with E-state index in [9.17, 15) is 0 Å². The van der Waals surface area contributed by atoms with Gasteiger partial charge in [-0.15, -0.1) is 11.3 Å². The molecule has 1 saturated heterocycles. The molecule has 0 amide bonds. The van der Waals surface area contributed by atoms with Gasteiger partial charge in [0.05, 0.1) is 0 Å². The lowest BCUT2D eigenvalue weighted by Crippen LogP contribution is -2.31. The highest BCUT2D eigenvalue weighted by atomic mass is 32.1. The maximum absolute atomic E-state index is 5.44. The van der Waals surface area contributed by atoms with Crippen LogP contribution in [0.3, 0.4) is 0 Å². The average molecular weight is 239 g/mol. The summed E-state index contributed by atoms with van der Waals surface area (Å²) in [6.45, 7) is 7.26. The summed E-state index contributed by atoms with van der Waals surface area (Å²) in [5.41, 5.74) is 0. The van der Waals surface area contributed by atoms with Gasteiger partial charge in [-0.2, -0.15) is 0 Å². The van der Waals surface area contributed by atoms with Gasteiger partial charge in [0.1, 0.15) is 0 Å². The van der Waals surface area contributed by atoms with Gasteiger partial charge >= 0.3 is 0 Å². The minimum absolute atomic E-state index is 0.535. The van der Waals surface area contributed by atoms with Crippen LogP contribution in [0.5, 0.6) is 0 Å². The van der Waals surface area contributed by atoms with Crippen LogP contribution in [0, 0.1) is 12.8 Å². The van der Waals surface area contributed by atoms with Crippen LogP contribution in [-0.2, 0) is 4.74 Å². The molecule has 3 heteroatoms. The van der Waals surface area contributed by atoms with E-state index in [0.29, 0.717) is 6.04 Å². The van der Waals surface area contributed by atoms with Crippen molar-refractivity contribution in [3.8, 4) is 0 Å². The van der Waals surface area contributed by atoms with Crippen molar-refractivity contribution in [3.05, 3.63) is 21.9 Å². The number of hydrogen-bond donors (Lipinski definition) is 1. The summed E-state index contributed by atoms with van der Waals surface area (Å²) in [4.78, 5) is 2.90. The summed E-state index contributed by atoms with van der Waals surface area (Å²) in [6, 6.07) is 5.04. The highest BCUT2D eigenvalue weighted by molar-refractivity contribution is 7.12. The Morgan fingerprint density at radius 1 is 1.44 bits per heavy atom. The highest BCUT2D eigenvalue weighted by Crippen LogP contribution is 2.33. The van der Waals surface area contributed by atoms with E-state index in [0.717, 1.165) is 25.7 Å². The monoisotopic (exact) mass is 239 g/mol. The van der Waals surface area contributed by atoms with E-state index in [1.165, 1.54) is 22.6 Å². The third-order valence-electron chi connectivity index (χ3n) is 3.23. The summed E-state index contributed by atoms with van der Waals surface area (Å²) in [5, 5.41) is 3.64. The first-order valence-corrected chi connectivity index (χ1v) is 7.00. The van der Waals surface area contributed by atoms with Crippen LogP contribution in [0.15, 0.2) is 12.1 Å². The lowest BCUT2D eigenvalue weighted by Gasteiger charge is -2.30. The zero-order chi connectivity index (χ0) is 11.4. The lowest BCUT2D eigenvalue weighted by atomic mass is 9.91. The predicted octanol–water partition coefficient (Wildman–Crippen LogP) is 3.13. The third kappa shape index (κ3) is 2.84. The quantitative estimate of drug-likeness (QED) is 0.871. The molecule has 1 N–H and O–H groups in total. The fraction of sp³-hybridized carbons (Fsp3) is 0.692. The Hall–Kier alpha value is -0.380. The molecule has 0 bridgehead atoms. The zero-order valence-corrected chi connectivity index (χ0v) is 11.0. The van der Waals surface area contributed by atoms with Gasteiger partial charge in [0.15, 0.2) is 0 Å².